The van der Waals surface area contributed by atoms with Gasteiger partial charge in [-0.25, -0.2) is 0 Å². The highest BCUT2D eigenvalue weighted by Gasteiger charge is 2.21. The predicted molar refractivity (Wildman–Crippen MR) is 131 cm³/mol. The van der Waals surface area contributed by atoms with Gasteiger partial charge in [0.15, 0.2) is 5.96 Å². The SMILES string of the molecule is CN=C(NCCCN1CCCCC1C)NCc1ccc(N2CCCC2=O)cc1.I. The molecule has 2 saturated heterocycles. The summed E-state index contributed by atoms with van der Waals surface area (Å²) < 4.78 is 0. The van der Waals surface area contributed by atoms with E-state index >= 15 is 0 Å². The molecule has 1 unspecified atom stereocenters. The van der Waals surface area contributed by atoms with Gasteiger partial charge in [-0.15, -0.1) is 24.0 Å². The van der Waals surface area contributed by atoms with E-state index in [9.17, 15) is 4.79 Å². The Morgan fingerprint density at radius 1 is 1.14 bits per heavy atom. The summed E-state index contributed by atoms with van der Waals surface area (Å²) in [6.45, 7) is 7.23. The van der Waals surface area contributed by atoms with E-state index in [0.29, 0.717) is 6.42 Å². The number of amides is 1. The van der Waals surface area contributed by atoms with Gasteiger partial charge in [-0.05, 0) is 56.8 Å². The summed E-state index contributed by atoms with van der Waals surface area (Å²) >= 11 is 0. The zero-order chi connectivity index (χ0) is 19.8. The first-order valence-electron chi connectivity index (χ1n) is 10.8. The summed E-state index contributed by atoms with van der Waals surface area (Å²) in [4.78, 5) is 20.6. The van der Waals surface area contributed by atoms with Gasteiger partial charge in [0, 0.05) is 51.4 Å². The number of piperidine rings is 1. The van der Waals surface area contributed by atoms with Crippen LogP contribution in [0.3, 0.4) is 0 Å². The van der Waals surface area contributed by atoms with Gasteiger partial charge in [0.1, 0.15) is 0 Å². The number of rotatable bonds is 7. The number of nitrogens with one attached hydrogen (secondary N) is 2. The summed E-state index contributed by atoms with van der Waals surface area (Å²) in [6, 6.07) is 8.97. The second kappa shape index (κ2) is 12.4. The molecule has 0 bridgehead atoms. The van der Waals surface area contributed by atoms with Crippen LogP contribution in [0, 0.1) is 0 Å². The van der Waals surface area contributed by atoms with Crippen molar-refractivity contribution in [2.45, 2.75) is 58.0 Å². The van der Waals surface area contributed by atoms with Crippen molar-refractivity contribution in [3.05, 3.63) is 29.8 Å². The van der Waals surface area contributed by atoms with E-state index in [0.717, 1.165) is 56.7 Å². The number of benzene rings is 1. The number of guanidine groups is 1. The zero-order valence-corrected chi connectivity index (χ0v) is 20.2. The second-order valence-electron chi connectivity index (χ2n) is 7.90. The van der Waals surface area contributed by atoms with Crippen LogP contribution < -0.4 is 15.5 Å². The Morgan fingerprint density at radius 2 is 1.93 bits per heavy atom. The summed E-state index contributed by atoms with van der Waals surface area (Å²) in [5, 5.41) is 6.79. The molecule has 0 radical (unpaired) electrons. The molecule has 7 heteroatoms. The highest BCUT2D eigenvalue weighted by Crippen LogP contribution is 2.21. The topological polar surface area (TPSA) is 60.0 Å². The minimum atomic E-state index is 0. The minimum absolute atomic E-state index is 0. The van der Waals surface area contributed by atoms with Crippen LogP contribution in [-0.2, 0) is 11.3 Å². The van der Waals surface area contributed by atoms with Crippen molar-refractivity contribution in [3.63, 3.8) is 0 Å². The predicted octanol–water partition coefficient (Wildman–Crippen LogP) is 3.36. The van der Waals surface area contributed by atoms with Crippen LogP contribution in [-0.4, -0.2) is 56.0 Å². The number of carbonyl (C=O) groups excluding carboxylic acids is 1. The number of anilines is 1. The van der Waals surface area contributed by atoms with Gasteiger partial charge in [0.05, 0.1) is 0 Å². The summed E-state index contributed by atoms with van der Waals surface area (Å²) in [5.74, 6) is 1.07. The fraction of sp³-hybridized carbons (Fsp3) is 0.636. The summed E-state index contributed by atoms with van der Waals surface area (Å²) in [7, 11) is 1.81. The standard InChI is InChI=1S/C22H35N5O.HI/c1-18-7-3-4-14-26(18)15-6-13-24-22(23-2)25-17-19-9-11-20(12-10-19)27-16-5-8-21(27)28;/h9-12,18H,3-8,13-17H2,1-2H3,(H2,23,24,25);1H. The van der Waals surface area contributed by atoms with Gasteiger partial charge in [-0.2, -0.15) is 0 Å². The molecule has 1 atom stereocenters. The molecule has 2 fully saturated rings. The first-order chi connectivity index (χ1) is 13.7. The fourth-order valence-corrected chi connectivity index (χ4v) is 4.10. The van der Waals surface area contributed by atoms with E-state index in [-0.39, 0.29) is 29.9 Å². The Hall–Kier alpha value is -1.35. The van der Waals surface area contributed by atoms with Crippen molar-refractivity contribution < 1.29 is 4.79 Å². The maximum absolute atomic E-state index is 11.8. The van der Waals surface area contributed by atoms with Gasteiger partial charge < -0.3 is 20.4 Å². The van der Waals surface area contributed by atoms with E-state index in [1.807, 2.05) is 24.1 Å². The van der Waals surface area contributed by atoms with Gasteiger partial charge >= 0.3 is 0 Å². The number of nitrogens with zero attached hydrogens (tertiary/aromatic N) is 3. The summed E-state index contributed by atoms with van der Waals surface area (Å²) in [5.41, 5.74) is 2.18. The first kappa shape index (κ1) is 23.9. The molecule has 2 aliphatic rings. The molecule has 1 amide bonds. The maximum atomic E-state index is 11.8. The molecule has 0 spiro atoms. The van der Waals surface area contributed by atoms with Crippen molar-refractivity contribution >= 4 is 41.5 Å². The van der Waals surface area contributed by atoms with Crippen molar-refractivity contribution in [2.24, 2.45) is 4.99 Å². The molecule has 2 N–H and O–H groups in total. The number of carbonyl (C=O) groups is 1. The van der Waals surface area contributed by atoms with Crippen molar-refractivity contribution in [1.82, 2.24) is 15.5 Å². The van der Waals surface area contributed by atoms with E-state index in [1.165, 1.54) is 31.4 Å². The fourth-order valence-electron chi connectivity index (χ4n) is 4.10. The number of halogens is 1. The van der Waals surface area contributed by atoms with Gasteiger partial charge in [-0.1, -0.05) is 18.6 Å². The van der Waals surface area contributed by atoms with Crippen LogP contribution in [0.2, 0.25) is 0 Å². The van der Waals surface area contributed by atoms with Crippen molar-refractivity contribution in [1.29, 1.82) is 0 Å². The molecule has 6 nitrogen and oxygen atoms in total. The highest BCUT2D eigenvalue weighted by atomic mass is 127. The van der Waals surface area contributed by atoms with Crippen LogP contribution in [0.1, 0.15) is 51.0 Å². The van der Waals surface area contributed by atoms with Gasteiger partial charge in [0.2, 0.25) is 5.91 Å². The molecular formula is C22H36IN5O. The molecule has 0 aromatic heterocycles. The molecule has 1 aromatic rings. The smallest absolute Gasteiger partial charge is 0.227 e. The van der Waals surface area contributed by atoms with Crippen molar-refractivity contribution in [2.75, 3.05) is 38.1 Å². The molecule has 0 saturated carbocycles. The Morgan fingerprint density at radius 3 is 2.59 bits per heavy atom. The first-order valence-corrected chi connectivity index (χ1v) is 10.8. The molecule has 162 valence electrons. The van der Waals surface area contributed by atoms with Crippen molar-refractivity contribution in [3.8, 4) is 0 Å². The third-order valence-corrected chi connectivity index (χ3v) is 5.86. The van der Waals surface area contributed by atoms with Crippen LogP contribution in [0.15, 0.2) is 29.3 Å². The Labute approximate surface area is 192 Å². The average Bonchev–Trinajstić information content (AvgIpc) is 3.15. The third kappa shape index (κ3) is 7.13. The lowest BCUT2D eigenvalue weighted by Gasteiger charge is -2.33. The number of likely N-dealkylation sites (tertiary alicyclic amines) is 1. The number of aliphatic imine (C=N–C) groups is 1. The minimum Gasteiger partial charge on any atom is -0.356 e. The number of hydrogen-bond donors (Lipinski definition) is 2. The molecule has 29 heavy (non-hydrogen) atoms. The van der Waals surface area contributed by atoms with E-state index in [4.69, 9.17) is 0 Å². The summed E-state index contributed by atoms with van der Waals surface area (Å²) in [6.07, 6.45) is 6.81. The lowest BCUT2D eigenvalue weighted by Crippen LogP contribution is -2.41. The third-order valence-electron chi connectivity index (χ3n) is 5.86. The van der Waals surface area contributed by atoms with E-state index < -0.39 is 0 Å². The molecular weight excluding hydrogens is 477 g/mol. The Balaban J connectivity index is 0.00000300. The lowest BCUT2D eigenvalue weighted by molar-refractivity contribution is -0.117. The molecule has 3 rings (SSSR count). The van der Waals surface area contributed by atoms with E-state index in [1.54, 1.807) is 0 Å². The normalized spacial score (nSPS) is 20.5. The van der Waals surface area contributed by atoms with E-state index in [2.05, 4.69) is 39.6 Å². The number of hydrogen-bond acceptors (Lipinski definition) is 3. The molecule has 2 heterocycles. The lowest BCUT2D eigenvalue weighted by atomic mass is 10.0. The maximum Gasteiger partial charge on any atom is 0.227 e. The van der Waals surface area contributed by atoms with Crippen LogP contribution in [0.4, 0.5) is 5.69 Å². The Bertz CT molecular complexity index is 664. The van der Waals surface area contributed by atoms with Crippen LogP contribution in [0.5, 0.6) is 0 Å². The highest BCUT2D eigenvalue weighted by molar-refractivity contribution is 14.0. The zero-order valence-electron chi connectivity index (χ0n) is 17.8. The molecule has 0 aliphatic carbocycles. The Kier molecular flexibility index (Phi) is 10.2. The monoisotopic (exact) mass is 513 g/mol. The van der Waals surface area contributed by atoms with Crippen LogP contribution >= 0.6 is 24.0 Å². The van der Waals surface area contributed by atoms with Crippen LogP contribution in [0.25, 0.3) is 0 Å². The van der Waals surface area contributed by atoms with Gasteiger partial charge in [0.25, 0.3) is 0 Å². The molecule has 2 aliphatic heterocycles. The second-order valence-corrected chi connectivity index (χ2v) is 7.90. The largest absolute Gasteiger partial charge is 0.356 e. The molecule has 1 aromatic carbocycles. The average molecular weight is 513 g/mol. The van der Waals surface area contributed by atoms with Gasteiger partial charge in [-0.3, -0.25) is 9.79 Å². The quantitative estimate of drug-likeness (QED) is 0.254.